The molecule has 0 aliphatic heterocycles. The summed E-state index contributed by atoms with van der Waals surface area (Å²) in [6.07, 6.45) is 9.23. The van der Waals surface area contributed by atoms with Crippen LogP contribution in [0, 0.1) is 0 Å². The number of fused-ring (bicyclic) bond motifs is 1. The number of methoxy groups -OCH3 is 1. The molecule has 1 N–H and O–H groups in total. The first kappa shape index (κ1) is 23.2. The van der Waals surface area contributed by atoms with Gasteiger partial charge < -0.3 is 10.1 Å². The van der Waals surface area contributed by atoms with Crippen LogP contribution in [0.3, 0.4) is 0 Å². The maximum absolute atomic E-state index is 13.3. The molecule has 2 aromatic heterocycles. The van der Waals surface area contributed by atoms with E-state index in [1.54, 1.807) is 11.7 Å². The van der Waals surface area contributed by atoms with E-state index in [9.17, 15) is 9.59 Å². The van der Waals surface area contributed by atoms with Crippen LogP contribution in [0.2, 0.25) is 0 Å². The molecule has 1 fully saturated rings. The number of aromatic nitrogens is 4. The van der Waals surface area contributed by atoms with Crippen LogP contribution in [0.15, 0.2) is 46.6 Å². The van der Waals surface area contributed by atoms with E-state index in [1.807, 2.05) is 31.2 Å². The van der Waals surface area contributed by atoms with Crippen molar-refractivity contribution in [2.75, 3.05) is 7.11 Å². The molecule has 0 spiro atoms. The lowest BCUT2D eigenvalue weighted by Gasteiger charge is -2.25. The standard InChI is InChI=1S/C24H29N5O3S/c1-3-19(22(30)27-17-7-5-4-6-8-17)33-24-28-21-20(25-13-14-26-21)23(31)29(24)15-16-9-11-18(32-2)12-10-16/h9-14,17,19H,3-8,15H2,1-2H3,(H,27,30). The molecule has 9 heteroatoms. The quantitative estimate of drug-likeness (QED) is 0.399. The van der Waals surface area contributed by atoms with Crippen molar-refractivity contribution in [1.82, 2.24) is 24.8 Å². The predicted molar refractivity (Wildman–Crippen MR) is 129 cm³/mol. The fraction of sp³-hybridized carbons (Fsp3) is 0.458. The van der Waals surface area contributed by atoms with Crippen molar-refractivity contribution in [1.29, 1.82) is 0 Å². The summed E-state index contributed by atoms with van der Waals surface area (Å²) < 4.78 is 6.82. The van der Waals surface area contributed by atoms with Gasteiger partial charge >= 0.3 is 0 Å². The molecule has 1 aliphatic rings. The molecule has 4 rings (SSSR count). The van der Waals surface area contributed by atoms with Crippen LogP contribution in [-0.4, -0.2) is 43.8 Å². The van der Waals surface area contributed by atoms with Crippen LogP contribution in [0.5, 0.6) is 5.75 Å². The first-order valence-corrected chi connectivity index (χ1v) is 12.3. The van der Waals surface area contributed by atoms with Gasteiger partial charge in [-0.1, -0.05) is 50.1 Å². The Morgan fingerprint density at radius 1 is 1.18 bits per heavy atom. The van der Waals surface area contributed by atoms with Crippen molar-refractivity contribution in [2.24, 2.45) is 0 Å². The molecule has 0 bridgehead atoms. The summed E-state index contributed by atoms with van der Waals surface area (Å²) in [5.41, 5.74) is 1.16. The number of thioether (sulfide) groups is 1. The zero-order valence-electron chi connectivity index (χ0n) is 19.0. The minimum Gasteiger partial charge on any atom is -0.497 e. The zero-order valence-corrected chi connectivity index (χ0v) is 19.8. The number of benzene rings is 1. The zero-order chi connectivity index (χ0) is 23.2. The van der Waals surface area contributed by atoms with Crippen molar-refractivity contribution in [3.63, 3.8) is 0 Å². The van der Waals surface area contributed by atoms with Crippen molar-refractivity contribution in [3.05, 3.63) is 52.6 Å². The van der Waals surface area contributed by atoms with Gasteiger partial charge in [-0.05, 0) is 37.0 Å². The molecule has 1 unspecified atom stereocenters. The maximum atomic E-state index is 13.3. The first-order chi connectivity index (χ1) is 16.1. The number of rotatable bonds is 8. The van der Waals surface area contributed by atoms with Gasteiger partial charge in [0.1, 0.15) is 5.75 Å². The molecule has 1 atom stereocenters. The minimum absolute atomic E-state index is 0.00103. The summed E-state index contributed by atoms with van der Waals surface area (Å²) in [6.45, 7) is 2.29. The lowest BCUT2D eigenvalue weighted by Crippen LogP contribution is -2.41. The van der Waals surface area contributed by atoms with Crippen LogP contribution >= 0.6 is 11.8 Å². The Hall–Kier alpha value is -2.94. The molecule has 1 saturated carbocycles. The Labute approximate surface area is 197 Å². The first-order valence-electron chi connectivity index (χ1n) is 11.4. The van der Waals surface area contributed by atoms with Gasteiger partial charge in [0, 0.05) is 18.4 Å². The number of amides is 1. The highest BCUT2D eigenvalue weighted by atomic mass is 32.2. The Morgan fingerprint density at radius 2 is 1.91 bits per heavy atom. The molecule has 1 aliphatic carbocycles. The second kappa shape index (κ2) is 10.8. The maximum Gasteiger partial charge on any atom is 0.282 e. The van der Waals surface area contributed by atoms with E-state index >= 15 is 0 Å². The number of nitrogens with zero attached hydrogens (tertiary/aromatic N) is 4. The molecule has 2 heterocycles. The van der Waals surface area contributed by atoms with Gasteiger partial charge in [0.2, 0.25) is 5.91 Å². The van der Waals surface area contributed by atoms with Crippen LogP contribution in [0.1, 0.15) is 51.0 Å². The monoisotopic (exact) mass is 467 g/mol. The number of carbonyl (C=O) groups is 1. The second-order valence-corrected chi connectivity index (χ2v) is 9.39. The van der Waals surface area contributed by atoms with E-state index in [1.165, 1.54) is 30.6 Å². The third-order valence-corrected chi connectivity index (χ3v) is 7.28. The third-order valence-electron chi connectivity index (χ3n) is 5.92. The predicted octanol–water partition coefficient (Wildman–Crippen LogP) is 3.56. The van der Waals surface area contributed by atoms with Crippen molar-refractivity contribution < 1.29 is 9.53 Å². The number of hydrogen-bond acceptors (Lipinski definition) is 7. The van der Waals surface area contributed by atoms with Gasteiger partial charge in [-0.25, -0.2) is 15.0 Å². The smallest absolute Gasteiger partial charge is 0.282 e. The number of hydrogen-bond donors (Lipinski definition) is 1. The van der Waals surface area contributed by atoms with Crippen molar-refractivity contribution >= 4 is 28.8 Å². The normalized spacial score (nSPS) is 15.3. The lowest BCUT2D eigenvalue weighted by atomic mass is 9.95. The molecule has 8 nitrogen and oxygen atoms in total. The summed E-state index contributed by atoms with van der Waals surface area (Å²) in [5.74, 6) is 0.743. The Balaban J connectivity index is 1.64. The van der Waals surface area contributed by atoms with Crippen LogP contribution in [0.4, 0.5) is 0 Å². The summed E-state index contributed by atoms with van der Waals surface area (Å²) in [7, 11) is 1.61. The second-order valence-electron chi connectivity index (χ2n) is 8.22. The highest BCUT2D eigenvalue weighted by Crippen LogP contribution is 2.26. The van der Waals surface area contributed by atoms with E-state index in [0.717, 1.165) is 37.0 Å². The number of ether oxygens (including phenoxy) is 1. The summed E-state index contributed by atoms with van der Waals surface area (Å²) in [5, 5.41) is 3.32. The average molecular weight is 468 g/mol. The van der Waals surface area contributed by atoms with Gasteiger partial charge in [0.05, 0.1) is 18.9 Å². The van der Waals surface area contributed by atoms with Gasteiger partial charge in [-0.2, -0.15) is 0 Å². The van der Waals surface area contributed by atoms with Crippen LogP contribution in [-0.2, 0) is 11.3 Å². The van der Waals surface area contributed by atoms with E-state index < -0.39 is 0 Å². The van der Waals surface area contributed by atoms with Gasteiger partial charge in [0.15, 0.2) is 16.3 Å². The lowest BCUT2D eigenvalue weighted by molar-refractivity contribution is -0.121. The molecule has 1 aromatic carbocycles. The largest absolute Gasteiger partial charge is 0.497 e. The molecule has 0 radical (unpaired) electrons. The van der Waals surface area contributed by atoms with Gasteiger partial charge in [-0.3, -0.25) is 14.2 Å². The summed E-state index contributed by atoms with van der Waals surface area (Å²) >= 11 is 1.32. The summed E-state index contributed by atoms with van der Waals surface area (Å²) in [4.78, 5) is 39.4. The fourth-order valence-electron chi connectivity index (χ4n) is 4.06. The Kier molecular flexibility index (Phi) is 7.59. The van der Waals surface area contributed by atoms with Gasteiger partial charge in [-0.15, -0.1) is 0 Å². The third kappa shape index (κ3) is 5.52. The summed E-state index contributed by atoms with van der Waals surface area (Å²) in [6, 6.07) is 7.77. The minimum atomic E-state index is -0.352. The SMILES string of the molecule is CCC(Sc1nc2nccnc2c(=O)n1Cc1ccc(OC)cc1)C(=O)NC1CCCCC1. The van der Waals surface area contributed by atoms with Crippen LogP contribution in [0.25, 0.3) is 11.2 Å². The highest BCUT2D eigenvalue weighted by Gasteiger charge is 2.25. The van der Waals surface area contributed by atoms with E-state index in [0.29, 0.717) is 23.8 Å². The molecule has 1 amide bonds. The molecular weight excluding hydrogens is 438 g/mol. The molecule has 33 heavy (non-hydrogen) atoms. The Morgan fingerprint density at radius 3 is 2.61 bits per heavy atom. The van der Waals surface area contributed by atoms with E-state index in [2.05, 4.69) is 20.3 Å². The van der Waals surface area contributed by atoms with E-state index in [-0.39, 0.29) is 28.3 Å². The topological polar surface area (TPSA) is 99.0 Å². The number of nitrogens with one attached hydrogen (secondary N) is 1. The molecule has 174 valence electrons. The highest BCUT2D eigenvalue weighted by molar-refractivity contribution is 8.00. The molecule has 3 aromatic rings. The fourth-order valence-corrected chi connectivity index (χ4v) is 5.07. The van der Waals surface area contributed by atoms with Crippen LogP contribution < -0.4 is 15.6 Å². The van der Waals surface area contributed by atoms with Gasteiger partial charge in [0.25, 0.3) is 5.56 Å². The number of carbonyl (C=O) groups excluding carboxylic acids is 1. The van der Waals surface area contributed by atoms with Crippen molar-refractivity contribution in [2.45, 2.75) is 68.4 Å². The average Bonchev–Trinajstić information content (AvgIpc) is 2.85. The molecule has 0 saturated heterocycles. The van der Waals surface area contributed by atoms with Crippen molar-refractivity contribution in [3.8, 4) is 5.75 Å². The molecular formula is C24H29N5O3S. The van der Waals surface area contributed by atoms with E-state index in [4.69, 9.17) is 4.74 Å². The Bertz CT molecular complexity index is 1160.